The van der Waals surface area contributed by atoms with Crippen LogP contribution >= 0.6 is 15.9 Å². The van der Waals surface area contributed by atoms with E-state index < -0.39 is 17.0 Å². The summed E-state index contributed by atoms with van der Waals surface area (Å²) in [4.78, 5) is 12.8. The lowest BCUT2D eigenvalue weighted by molar-refractivity contribution is -0.282. The lowest BCUT2D eigenvalue weighted by Gasteiger charge is -2.70. The van der Waals surface area contributed by atoms with Crippen LogP contribution in [0, 0.1) is 40.9 Å². The smallest absolute Gasteiger partial charge is 0.188 e. The molecule has 8 aliphatic rings. The molecule has 2 aliphatic heterocycles. The molecule has 0 N–H and O–H groups in total. The van der Waals surface area contributed by atoms with Crippen molar-refractivity contribution in [2.24, 2.45) is 40.9 Å². The Labute approximate surface area is 136 Å². The van der Waals surface area contributed by atoms with E-state index >= 15 is 0 Å². The van der Waals surface area contributed by atoms with Gasteiger partial charge in [0.05, 0.1) is 36.2 Å². The van der Waals surface area contributed by atoms with E-state index in [2.05, 4.69) is 15.9 Å². The van der Waals surface area contributed by atoms with Gasteiger partial charge >= 0.3 is 0 Å². The Morgan fingerprint density at radius 3 is 1.86 bits per heavy atom. The highest BCUT2D eigenvalue weighted by Crippen LogP contribution is 3.01. The number of ether oxygens (including phenoxy) is 4. The zero-order valence-electron chi connectivity index (χ0n) is 12.2. The van der Waals surface area contributed by atoms with E-state index in [1.165, 1.54) is 0 Å². The van der Waals surface area contributed by atoms with Crippen molar-refractivity contribution < 1.29 is 23.7 Å². The highest BCUT2D eigenvalue weighted by molar-refractivity contribution is 9.10. The van der Waals surface area contributed by atoms with E-state index in [0.717, 1.165) is 0 Å². The summed E-state index contributed by atoms with van der Waals surface area (Å²) >= 11 is 4.05. The molecule has 8 fully saturated rings. The molecule has 0 aromatic carbocycles. The molecule has 4 bridgehead atoms. The van der Waals surface area contributed by atoms with Crippen LogP contribution in [0.15, 0.2) is 0 Å². The number of halogens is 1. The van der Waals surface area contributed by atoms with Gasteiger partial charge in [-0.3, -0.25) is 4.79 Å². The molecule has 0 unspecified atom stereocenters. The van der Waals surface area contributed by atoms with Gasteiger partial charge < -0.3 is 18.9 Å². The topological polar surface area (TPSA) is 54.0 Å². The molecule has 6 aliphatic carbocycles. The van der Waals surface area contributed by atoms with Crippen molar-refractivity contribution in [1.82, 2.24) is 0 Å². The predicted octanol–water partition coefficient (Wildman–Crippen LogP) is 0.947. The van der Waals surface area contributed by atoms with Gasteiger partial charge in [-0.1, -0.05) is 15.9 Å². The van der Waals surface area contributed by atoms with Crippen molar-refractivity contribution in [2.75, 3.05) is 26.4 Å². The minimum Gasteiger partial charge on any atom is -0.346 e. The first-order valence-electron chi connectivity index (χ1n) is 8.35. The van der Waals surface area contributed by atoms with Gasteiger partial charge in [0.1, 0.15) is 5.78 Å². The molecule has 118 valence electrons. The molecule has 0 aromatic rings. The van der Waals surface area contributed by atoms with E-state index in [1.807, 2.05) is 0 Å². The van der Waals surface area contributed by atoms with E-state index in [4.69, 9.17) is 18.9 Å². The summed E-state index contributed by atoms with van der Waals surface area (Å²) in [5.41, 5.74) is -0.440. The van der Waals surface area contributed by atoms with Crippen LogP contribution in [0.25, 0.3) is 0 Å². The summed E-state index contributed by atoms with van der Waals surface area (Å²) in [6, 6.07) is 0. The molecule has 2 heterocycles. The van der Waals surface area contributed by atoms with Gasteiger partial charge in [-0.05, 0) is 30.6 Å². The molecule has 6 saturated carbocycles. The monoisotopic (exact) mass is 368 g/mol. The highest BCUT2D eigenvalue weighted by Gasteiger charge is 3.09. The second-order valence-corrected chi connectivity index (χ2v) is 9.39. The van der Waals surface area contributed by atoms with Crippen molar-refractivity contribution in [2.45, 2.75) is 22.8 Å². The zero-order chi connectivity index (χ0) is 14.7. The normalized spacial score (nSPS) is 65.5. The van der Waals surface area contributed by atoms with Gasteiger partial charge in [0, 0.05) is 11.8 Å². The van der Waals surface area contributed by atoms with E-state index in [1.54, 1.807) is 6.92 Å². The fraction of sp³-hybridized carbons (Fsp3) is 0.938. The van der Waals surface area contributed by atoms with Crippen LogP contribution in [0.1, 0.15) is 6.92 Å². The zero-order valence-corrected chi connectivity index (χ0v) is 13.8. The summed E-state index contributed by atoms with van der Waals surface area (Å²) in [5, 5.41) is 0. The maximum Gasteiger partial charge on any atom is 0.188 e. The average molecular weight is 369 g/mol. The van der Waals surface area contributed by atoms with Crippen LogP contribution in [0.2, 0.25) is 0 Å². The Balaban J connectivity index is 1.54. The fourth-order valence-corrected chi connectivity index (χ4v) is 10.2. The molecular formula is C16H17BrO5. The molecule has 0 radical (unpaired) electrons. The van der Waals surface area contributed by atoms with Gasteiger partial charge in [0.25, 0.3) is 0 Å². The molecule has 5 nitrogen and oxygen atoms in total. The Morgan fingerprint density at radius 2 is 1.27 bits per heavy atom. The summed E-state index contributed by atoms with van der Waals surface area (Å²) in [7, 11) is 0. The Morgan fingerprint density at radius 1 is 0.818 bits per heavy atom. The average Bonchev–Trinajstić information content (AvgIpc) is 3.23. The molecular weight excluding hydrogens is 352 g/mol. The van der Waals surface area contributed by atoms with Crippen LogP contribution < -0.4 is 0 Å². The van der Waals surface area contributed by atoms with Gasteiger partial charge in [-0.15, -0.1) is 0 Å². The van der Waals surface area contributed by atoms with Crippen molar-refractivity contribution in [3.63, 3.8) is 0 Å². The number of rotatable bonds is 1. The molecule has 0 aromatic heterocycles. The van der Waals surface area contributed by atoms with Gasteiger partial charge in [0.15, 0.2) is 11.6 Å². The van der Waals surface area contributed by atoms with Crippen molar-refractivity contribution in [1.29, 1.82) is 0 Å². The van der Waals surface area contributed by atoms with E-state index in [9.17, 15) is 4.79 Å². The van der Waals surface area contributed by atoms with Crippen molar-refractivity contribution >= 4 is 21.7 Å². The van der Waals surface area contributed by atoms with Gasteiger partial charge in [-0.2, -0.15) is 0 Å². The molecule has 22 heavy (non-hydrogen) atoms. The standard InChI is InChI=1S/C16H17BrO5/c1-6(18)13-7-9-8(13)11-12(15(13)19-2-3-20-15)10(7)14(9,17)16(11)21-4-5-22-16/h7-12H,2-5H2,1H3/t7-,8+,9+,10+,11+,12+,13+,14-/m0/s1. The Bertz CT molecular complexity index is 653. The van der Waals surface area contributed by atoms with E-state index in [-0.39, 0.29) is 21.9 Å². The Kier molecular flexibility index (Phi) is 1.68. The lowest BCUT2D eigenvalue weighted by atomic mass is 9.34. The third-order valence-electron chi connectivity index (χ3n) is 8.35. The first-order chi connectivity index (χ1) is 10.6. The van der Waals surface area contributed by atoms with Crippen LogP contribution in [0.5, 0.6) is 0 Å². The van der Waals surface area contributed by atoms with Crippen LogP contribution in [0.3, 0.4) is 0 Å². The van der Waals surface area contributed by atoms with Crippen molar-refractivity contribution in [3.8, 4) is 0 Å². The Hall–Kier alpha value is -0.0100. The number of carbonyl (C=O) groups excluding carboxylic acids is 1. The molecule has 2 spiro atoms. The molecule has 8 rings (SSSR count). The molecule has 0 amide bonds. The summed E-state index contributed by atoms with van der Waals surface area (Å²) < 4.78 is 24.8. The maximum atomic E-state index is 12.8. The van der Waals surface area contributed by atoms with Gasteiger partial charge in [0.2, 0.25) is 0 Å². The minimum absolute atomic E-state index is 0.126. The first kappa shape index (κ1) is 12.4. The number of ketones is 1. The fourth-order valence-electron chi connectivity index (χ4n) is 8.55. The number of Topliss-reactive ketones (excluding diaryl/α,β-unsaturated/α-hetero) is 1. The molecule has 2 saturated heterocycles. The third-order valence-corrected chi connectivity index (χ3v) is 9.96. The van der Waals surface area contributed by atoms with Crippen LogP contribution in [-0.2, 0) is 23.7 Å². The maximum absolute atomic E-state index is 12.8. The van der Waals surface area contributed by atoms with Crippen LogP contribution in [-0.4, -0.2) is 48.1 Å². The SMILES string of the molecule is CC(=O)[C@@]12[C@H]3[C@@H]4[C@@H]1[C@@H]1[C@@H]([C@@H]3[C@]4(Br)C13OCCO3)C21OCCO1. The summed E-state index contributed by atoms with van der Waals surface area (Å²) in [6.07, 6.45) is 0. The second-order valence-electron chi connectivity index (χ2n) is 8.08. The minimum atomic E-state index is -0.700. The molecule has 6 heteroatoms. The number of carbonyl (C=O) groups is 1. The number of hydrogen-bond acceptors (Lipinski definition) is 5. The van der Waals surface area contributed by atoms with Gasteiger partial charge in [-0.25, -0.2) is 0 Å². The number of hydrogen-bond donors (Lipinski definition) is 0. The summed E-state index contributed by atoms with van der Waals surface area (Å²) in [5.74, 6) is 1.01. The van der Waals surface area contributed by atoms with Crippen LogP contribution in [0.4, 0.5) is 0 Å². The quantitative estimate of drug-likeness (QED) is 0.645. The van der Waals surface area contributed by atoms with Crippen molar-refractivity contribution in [3.05, 3.63) is 0 Å². The molecule has 8 atom stereocenters. The highest BCUT2D eigenvalue weighted by atomic mass is 79.9. The lowest BCUT2D eigenvalue weighted by Crippen LogP contribution is -2.77. The largest absolute Gasteiger partial charge is 0.346 e. The third kappa shape index (κ3) is 0.693. The number of alkyl halides is 1. The summed E-state index contributed by atoms with van der Waals surface area (Å²) in [6.45, 7) is 4.23. The predicted molar refractivity (Wildman–Crippen MR) is 75.0 cm³/mol. The first-order valence-corrected chi connectivity index (χ1v) is 9.14. The second kappa shape index (κ2) is 2.99. The van der Waals surface area contributed by atoms with E-state index in [0.29, 0.717) is 50.1 Å².